The van der Waals surface area contributed by atoms with Gasteiger partial charge in [-0.3, -0.25) is 0 Å². The predicted molar refractivity (Wildman–Crippen MR) is 63.7 cm³/mol. The van der Waals surface area contributed by atoms with E-state index >= 15 is 0 Å². The van der Waals surface area contributed by atoms with Gasteiger partial charge in [-0.15, -0.1) is 0 Å². The van der Waals surface area contributed by atoms with Crippen molar-refractivity contribution in [2.75, 3.05) is 7.11 Å². The van der Waals surface area contributed by atoms with Crippen LogP contribution >= 0.6 is 0 Å². The smallest absolute Gasteiger partial charge is 0.260 e. The molecule has 0 aliphatic carbocycles. The maximum absolute atomic E-state index is 6.05. The van der Waals surface area contributed by atoms with Crippen molar-refractivity contribution in [3.05, 3.63) is 12.0 Å². The third-order valence-corrected chi connectivity index (χ3v) is 7.32. The highest BCUT2D eigenvalue weighted by molar-refractivity contribution is 6.73. The van der Waals surface area contributed by atoms with E-state index in [1.807, 2.05) is 6.08 Å². The molecule has 0 rings (SSSR count). The van der Waals surface area contributed by atoms with Gasteiger partial charge in [-0.05, 0) is 30.6 Å². The van der Waals surface area contributed by atoms with E-state index in [0.717, 1.165) is 30.5 Å². The second-order valence-corrected chi connectivity index (χ2v) is 8.17. The van der Waals surface area contributed by atoms with Gasteiger partial charge in [-0.1, -0.05) is 27.7 Å². The molecule has 0 amide bonds. The molecule has 0 aromatic rings. The summed E-state index contributed by atoms with van der Waals surface area (Å²) in [4.78, 5) is 0. The SMILES string of the molecule is CC/C=C(\OC)O[Si](CC)(CC)CC. The Hall–Kier alpha value is -0.443. The van der Waals surface area contributed by atoms with E-state index in [0.29, 0.717) is 0 Å². The molecule has 3 heteroatoms. The lowest BCUT2D eigenvalue weighted by Gasteiger charge is -2.29. The Morgan fingerprint density at radius 2 is 1.57 bits per heavy atom. The third kappa shape index (κ3) is 3.74. The van der Waals surface area contributed by atoms with Gasteiger partial charge >= 0.3 is 0 Å². The van der Waals surface area contributed by atoms with Gasteiger partial charge < -0.3 is 9.16 Å². The molecule has 0 spiro atoms. The zero-order chi connectivity index (χ0) is 11.0. The Kier molecular flexibility index (Phi) is 6.71. The summed E-state index contributed by atoms with van der Waals surface area (Å²) < 4.78 is 11.3. The van der Waals surface area contributed by atoms with Gasteiger partial charge in [0.1, 0.15) is 0 Å². The van der Waals surface area contributed by atoms with Crippen molar-refractivity contribution in [2.45, 2.75) is 52.2 Å². The minimum Gasteiger partial charge on any atom is -0.519 e. The first kappa shape index (κ1) is 13.6. The molecule has 2 nitrogen and oxygen atoms in total. The minimum absolute atomic E-state index is 0.727. The predicted octanol–water partition coefficient (Wildman–Crippen LogP) is 3.91. The quantitative estimate of drug-likeness (QED) is 0.474. The van der Waals surface area contributed by atoms with Crippen molar-refractivity contribution in [3.63, 3.8) is 0 Å². The Morgan fingerprint density at radius 3 is 1.86 bits per heavy atom. The Balaban J connectivity index is 4.48. The zero-order valence-corrected chi connectivity index (χ0v) is 11.2. The van der Waals surface area contributed by atoms with E-state index in [9.17, 15) is 0 Å². The average molecular weight is 216 g/mol. The molecule has 0 aromatic heterocycles. The Bertz CT molecular complexity index is 166. The lowest BCUT2D eigenvalue weighted by Crippen LogP contribution is -2.35. The van der Waals surface area contributed by atoms with Crippen LogP contribution in [0.1, 0.15) is 34.1 Å². The number of hydrogen-bond acceptors (Lipinski definition) is 2. The Morgan fingerprint density at radius 1 is 1.07 bits per heavy atom. The van der Waals surface area contributed by atoms with Crippen LogP contribution in [-0.2, 0) is 9.16 Å². The summed E-state index contributed by atoms with van der Waals surface area (Å²) >= 11 is 0. The van der Waals surface area contributed by atoms with Gasteiger partial charge in [-0.25, -0.2) is 0 Å². The van der Waals surface area contributed by atoms with Gasteiger partial charge in [0.05, 0.1) is 7.11 Å². The van der Waals surface area contributed by atoms with E-state index < -0.39 is 8.32 Å². The topological polar surface area (TPSA) is 18.5 Å². The van der Waals surface area contributed by atoms with Crippen LogP contribution < -0.4 is 0 Å². The van der Waals surface area contributed by atoms with Crippen LogP contribution in [0.3, 0.4) is 0 Å². The second kappa shape index (κ2) is 6.93. The van der Waals surface area contributed by atoms with Crippen LogP contribution in [-0.4, -0.2) is 15.4 Å². The molecule has 0 saturated heterocycles. The maximum atomic E-state index is 6.05. The lowest BCUT2D eigenvalue weighted by atomic mass is 10.5. The van der Waals surface area contributed by atoms with Crippen molar-refractivity contribution in [2.24, 2.45) is 0 Å². The number of hydrogen-bond donors (Lipinski definition) is 0. The van der Waals surface area contributed by atoms with Crippen molar-refractivity contribution >= 4 is 8.32 Å². The lowest BCUT2D eigenvalue weighted by molar-refractivity contribution is 0.142. The van der Waals surface area contributed by atoms with Gasteiger partial charge in [-0.2, -0.15) is 0 Å². The third-order valence-electron chi connectivity index (χ3n) is 2.82. The van der Waals surface area contributed by atoms with Gasteiger partial charge in [0.25, 0.3) is 14.3 Å². The van der Waals surface area contributed by atoms with Gasteiger partial charge in [0, 0.05) is 0 Å². The van der Waals surface area contributed by atoms with Crippen LogP contribution in [0.25, 0.3) is 0 Å². The summed E-state index contributed by atoms with van der Waals surface area (Å²) in [5, 5.41) is 0. The van der Waals surface area contributed by atoms with E-state index in [1.165, 1.54) is 0 Å². The first-order valence-corrected chi connectivity index (χ1v) is 8.14. The number of ether oxygens (including phenoxy) is 1. The first-order chi connectivity index (χ1) is 6.67. The van der Waals surface area contributed by atoms with E-state index in [-0.39, 0.29) is 0 Å². The molecule has 0 unspecified atom stereocenters. The molecule has 0 atom stereocenters. The van der Waals surface area contributed by atoms with Crippen molar-refractivity contribution in [1.82, 2.24) is 0 Å². The summed E-state index contributed by atoms with van der Waals surface area (Å²) in [6, 6.07) is 3.47. The molecule has 0 N–H and O–H groups in total. The number of rotatable bonds is 7. The summed E-state index contributed by atoms with van der Waals surface area (Å²) in [7, 11) is 0.150. The molecule has 0 radical (unpaired) electrons. The summed E-state index contributed by atoms with van der Waals surface area (Å²) in [5.74, 6) is 0.727. The monoisotopic (exact) mass is 216 g/mol. The van der Waals surface area contributed by atoms with Crippen LogP contribution in [0, 0.1) is 0 Å². The summed E-state index contributed by atoms with van der Waals surface area (Å²) in [6.45, 7) is 8.75. The fourth-order valence-electron chi connectivity index (χ4n) is 1.51. The van der Waals surface area contributed by atoms with Crippen molar-refractivity contribution < 1.29 is 9.16 Å². The van der Waals surface area contributed by atoms with Gasteiger partial charge in [0.2, 0.25) is 0 Å². The highest BCUT2D eigenvalue weighted by Gasteiger charge is 2.31. The first-order valence-electron chi connectivity index (χ1n) is 5.61. The largest absolute Gasteiger partial charge is 0.519 e. The maximum Gasteiger partial charge on any atom is 0.260 e. The van der Waals surface area contributed by atoms with Crippen LogP contribution in [0.4, 0.5) is 0 Å². The van der Waals surface area contributed by atoms with Crippen LogP contribution in [0.2, 0.25) is 18.1 Å². The standard InChI is InChI=1S/C11H24O2Si/c1-6-10-11(12-5)13-14(7-2,8-3)9-4/h10H,6-9H2,1-5H3/b11-10+. The number of allylic oxidation sites excluding steroid dienone is 1. The molecule has 0 saturated carbocycles. The fourth-order valence-corrected chi connectivity index (χ4v) is 4.04. The molecule has 0 fully saturated rings. The van der Waals surface area contributed by atoms with Crippen molar-refractivity contribution in [3.8, 4) is 0 Å². The van der Waals surface area contributed by atoms with Crippen LogP contribution in [0.15, 0.2) is 12.0 Å². The van der Waals surface area contributed by atoms with Crippen LogP contribution in [0.5, 0.6) is 0 Å². The molecular formula is C11H24O2Si. The normalized spacial score (nSPS) is 12.8. The Labute approximate surface area is 89.4 Å². The second-order valence-electron chi connectivity index (χ2n) is 3.48. The summed E-state index contributed by atoms with van der Waals surface area (Å²) in [6.07, 6.45) is 2.98. The fraction of sp³-hybridized carbons (Fsp3) is 0.818. The highest BCUT2D eigenvalue weighted by Crippen LogP contribution is 2.24. The molecule has 0 aliphatic rings. The average Bonchev–Trinajstić information content (AvgIpc) is 2.25. The van der Waals surface area contributed by atoms with E-state index in [1.54, 1.807) is 7.11 Å². The van der Waals surface area contributed by atoms with Gasteiger partial charge in [0.15, 0.2) is 0 Å². The highest BCUT2D eigenvalue weighted by atomic mass is 28.4. The van der Waals surface area contributed by atoms with E-state index in [4.69, 9.17) is 9.16 Å². The molecule has 0 heterocycles. The zero-order valence-electron chi connectivity index (χ0n) is 10.2. The molecule has 84 valence electrons. The van der Waals surface area contributed by atoms with Crippen molar-refractivity contribution in [1.29, 1.82) is 0 Å². The summed E-state index contributed by atoms with van der Waals surface area (Å²) in [5.41, 5.74) is 0. The minimum atomic E-state index is -1.53. The molecule has 0 aromatic carbocycles. The molecule has 0 bridgehead atoms. The van der Waals surface area contributed by atoms with E-state index in [2.05, 4.69) is 27.7 Å². The molecule has 0 aliphatic heterocycles. The number of methoxy groups -OCH3 is 1. The molecular weight excluding hydrogens is 192 g/mol. The molecule has 14 heavy (non-hydrogen) atoms.